The van der Waals surface area contributed by atoms with E-state index >= 15 is 0 Å². The maximum atomic E-state index is 11.9. The molecule has 0 fully saturated rings. The Balaban J connectivity index is 3.17. The van der Waals surface area contributed by atoms with Crippen LogP contribution >= 0.6 is 0 Å². The van der Waals surface area contributed by atoms with Gasteiger partial charge >= 0.3 is 0 Å². The van der Waals surface area contributed by atoms with E-state index in [-0.39, 0.29) is 11.5 Å². The molecule has 0 N–H and O–H groups in total. The second-order valence-electron chi connectivity index (χ2n) is 4.83. The number of hydrogen-bond donors (Lipinski definition) is 0. The van der Waals surface area contributed by atoms with E-state index in [0.29, 0.717) is 13.0 Å². The first kappa shape index (κ1) is 17.3. The fraction of sp³-hybridized carbons (Fsp3) is 0.222. The van der Waals surface area contributed by atoms with Gasteiger partial charge in [0.15, 0.2) is 0 Å². The zero-order valence-electron chi connectivity index (χ0n) is 13.0. The van der Waals surface area contributed by atoms with E-state index in [4.69, 9.17) is 10.00 Å². The molecule has 1 rings (SSSR count). The van der Waals surface area contributed by atoms with Gasteiger partial charge in [-0.3, -0.25) is 4.79 Å². The van der Waals surface area contributed by atoms with Gasteiger partial charge in [-0.05, 0) is 35.8 Å². The first-order chi connectivity index (χ1) is 10.5. The standard InChI is InChI=1S/C18H20N2O2/c1-5-7-15-11-14(8-9-17(15)22-10-6-2)12-16(13-19)18(21)20(3)4/h5-6,8-9,11-12H,1-2,7,10H2,3-4H3/b16-12-. The summed E-state index contributed by atoms with van der Waals surface area (Å²) < 4.78 is 5.58. The lowest BCUT2D eigenvalue weighted by Crippen LogP contribution is -2.22. The maximum absolute atomic E-state index is 11.9. The molecule has 0 unspecified atom stereocenters. The van der Waals surface area contributed by atoms with Gasteiger partial charge in [0.1, 0.15) is 24.0 Å². The summed E-state index contributed by atoms with van der Waals surface area (Å²) in [6, 6.07) is 7.46. The summed E-state index contributed by atoms with van der Waals surface area (Å²) in [6.07, 6.45) is 5.67. The second-order valence-corrected chi connectivity index (χ2v) is 4.83. The van der Waals surface area contributed by atoms with Crippen LogP contribution in [0.25, 0.3) is 6.08 Å². The molecule has 0 saturated heterocycles. The molecule has 0 aliphatic carbocycles. The molecule has 1 amide bonds. The van der Waals surface area contributed by atoms with Crippen molar-refractivity contribution in [2.45, 2.75) is 6.42 Å². The number of amides is 1. The summed E-state index contributed by atoms with van der Waals surface area (Å²) in [6.45, 7) is 7.77. The van der Waals surface area contributed by atoms with Crippen molar-refractivity contribution in [2.24, 2.45) is 0 Å². The molecule has 0 bridgehead atoms. The highest BCUT2D eigenvalue weighted by molar-refractivity contribution is 6.01. The van der Waals surface area contributed by atoms with Crippen LogP contribution in [0.15, 0.2) is 49.1 Å². The Labute approximate surface area is 131 Å². The molecule has 0 aromatic heterocycles. The van der Waals surface area contributed by atoms with Crippen molar-refractivity contribution in [1.82, 2.24) is 4.90 Å². The molecule has 0 heterocycles. The minimum Gasteiger partial charge on any atom is -0.489 e. The number of nitriles is 1. The normalized spacial score (nSPS) is 10.5. The molecular weight excluding hydrogens is 276 g/mol. The van der Waals surface area contributed by atoms with Crippen LogP contribution in [0, 0.1) is 11.3 Å². The van der Waals surface area contributed by atoms with Crippen LogP contribution in [0.3, 0.4) is 0 Å². The minimum absolute atomic E-state index is 0.0920. The Morgan fingerprint density at radius 3 is 2.64 bits per heavy atom. The van der Waals surface area contributed by atoms with Crippen molar-refractivity contribution in [3.8, 4) is 11.8 Å². The van der Waals surface area contributed by atoms with E-state index in [1.807, 2.05) is 24.3 Å². The Morgan fingerprint density at radius 1 is 1.36 bits per heavy atom. The molecule has 4 nitrogen and oxygen atoms in total. The van der Waals surface area contributed by atoms with Crippen molar-refractivity contribution < 1.29 is 9.53 Å². The summed E-state index contributed by atoms with van der Waals surface area (Å²) >= 11 is 0. The fourth-order valence-electron chi connectivity index (χ4n) is 1.84. The van der Waals surface area contributed by atoms with E-state index in [1.54, 1.807) is 32.3 Å². The van der Waals surface area contributed by atoms with Crippen LogP contribution < -0.4 is 4.74 Å². The number of carbonyl (C=O) groups excluding carboxylic acids is 1. The van der Waals surface area contributed by atoms with Gasteiger partial charge in [0, 0.05) is 14.1 Å². The molecule has 0 spiro atoms. The lowest BCUT2D eigenvalue weighted by Gasteiger charge is -2.11. The molecule has 1 aromatic carbocycles. The number of nitrogens with zero attached hydrogens (tertiary/aromatic N) is 2. The van der Waals surface area contributed by atoms with Crippen molar-refractivity contribution in [3.63, 3.8) is 0 Å². The largest absolute Gasteiger partial charge is 0.489 e. The van der Waals surface area contributed by atoms with E-state index in [9.17, 15) is 4.79 Å². The SMILES string of the molecule is C=CCOc1ccc(/C=C(/C#N)C(=O)N(C)C)cc1CC=C. The quantitative estimate of drug-likeness (QED) is 0.441. The first-order valence-corrected chi connectivity index (χ1v) is 6.84. The first-order valence-electron chi connectivity index (χ1n) is 6.84. The van der Waals surface area contributed by atoms with Gasteiger partial charge in [-0.2, -0.15) is 5.26 Å². The summed E-state index contributed by atoms with van der Waals surface area (Å²) in [5.74, 6) is 0.425. The number of rotatable bonds is 7. The molecular formula is C18H20N2O2. The predicted octanol–water partition coefficient (Wildman–Crippen LogP) is 2.98. The third kappa shape index (κ3) is 4.64. The number of benzene rings is 1. The van der Waals surface area contributed by atoms with Gasteiger partial charge in [0.2, 0.25) is 0 Å². The number of carbonyl (C=O) groups is 1. The average molecular weight is 296 g/mol. The average Bonchev–Trinajstić information content (AvgIpc) is 2.51. The zero-order chi connectivity index (χ0) is 16.5. The summed E-state index contributed by atoms with van der Waals surface area (Å²) in [7, 11) is 3.23. The van der Waals surface area contributed by atoms with Crippen molar-refractivity contribution >= 4 is 12.0 Å². The number of likely N-dealkylation sites (N-methyl/N-ethyl adjacent to an activating group) is 1. The fourth-order valence-corrected chi connectivity index (χ4v) is 1.84. The van der Waals surface area contributed by atoms with Gasteiger partial charge in [0.05, 0.1) is 0 Å². The van der Waals surface area contributed by atoms with Crippen LogP contribution in [0.4, 0.5) is 0 Å². The monoisotopic (exact) mass is 296 g/mol. The maximum Gasteiger partial charge on any atom is 0.264 e. The summed E-state index contributed by atoms with van der Waals surface area (Å²) in [4.78, 5) is 13.3. The molecule has 4 heteroatoms. The Morgan fingerprint density at radius 2 is 2.09 bits per heavy atom. The third-order valence-electron chi connectivity index (χ3n) is 2.87. The van der Waals surface area contributed by atoms with Crippen LogP contribution in [-0.4, -0.2) is 31.5 Å². The minimum atomic E-state index is -0.320. The van der Waals surface area contributed by atoms with E-state index in [2.05, 4.69) is 13.2 Å². The second kappa shape index (κ2) is 8.48. The van der Waals surface area contributed by atoms with Gasteiger partial charge in [0.25, 0.3) is 5.91 Å². The number of ether oxygens (including phenoxy) is 1. The molecule has 114 valence electrons. The Kier molecular flexibility index (Phi) is 6.65. The molecule has 1 aromatic rings. The molecule has 0 atom stereocenters. The lowest BCUT2D eigenvalue weighted by atomic mass is 10.0. The third-order valence-corrected chi connectivity index (χ3v) is 2.87. The molecule has 22 heavy (non-hydrogen) atoms. The molecule has 0 radical (unpaired) electrons. The smallest absolute Gasteiger partial charge is 0.264 e. The Hall–Kier alpha value is -2.80. The predicted molar refractivity (Wildman–Crippen MR) is 88.3 cm³/mol. The van der Waals surface area contributed by atoms with Crippen LogP contribution in [0.2, 0.25) is 0 Å². The highest BCUT2D eigenvalue weighted by Crippen LogP contribution is 2.23. The topological polar surface area (TPSA) is 53.3 Å². The summed E-state index contributed by atoms with van der Waals surface area (Å²) in [5.41, 5.74) is 1.81. The molecule has 0 aliphatic rings. The van der Waals surface area contributed by atoms with E-state index in [0.717, 1.165) is 16.9 Å². The number of allylic oxidation sites excluding steroid dienone is 1. The van der Waals surface area contributed by atoms with Crippen LogP contribution in [0.5, 0.6) is 5.75 Å². The van der Waals surface area contributed by atoms with E-state index in [1.165, 1.54) is 4.90 Å². The number of hydrogen-bond acceptors (Lipinski definition) is 3. The van der Waals surface area contributed by atoms with Gasteiger partial charge in [-0.15, -0.1) is 6.58 Å². The van der Waals surface area contributed by atoms with Crippen molar-refractivity contribution in [3.05, 3.63) is 60.2 Å². The van der Waals surface area contributed by atoms with Crippen LogP contribution in [-0.2, 0) is 11.2 Å². The molecule has 0 saturated carbocycles. The zero-order valence-corrected chi connectivity index (χ0v) is 13.0. The lowest BCUT2D eigenvalue weighted by molar-refractivity contribution is -0.124. The van der Waals surface area contributed by atoms with Crippen LogP contribution in [0.1, 0.15) is 11.1 Å². The molecule has 0 aliphatic heterocycles. The highest BCUT2D eigenvalue weighted by atomic mass is 16.5. The van der Waals surface area contributed by atoms with E-state index < -0.39 is 0 Å². The van der Waals surface area contributed by atoms with Gasteiger partial charge < -0.3 is 9.64 Å². The van der Waals surface area contributed by atoms with Gasteiger partial charge in [-0.25, -0.2) is 0 Å². The Bertz CT molecular complexity index is 637. The highest BCUT2D eigenvalue weighted by Gasteiger charge is 2.11. The van der Waals surface area contributed by atoms with Crippen molar-refractivity contribution in [2.75, 3.05) is 20.7 Å². The van der Waals surface area contributed by atoms with Crippen molar-refractivity contribution in [1.29, 1.82) is 5.26 Å². The van der Waals surface area contributed by atoms with Gasteiger partial charge in [-0.1, -0.05) is 24.8 Å². The summed E-state index contributed by atoms with van der Waals surface area (Å²) in [5, 5.41) is 9.13.